The molecule has 1 aromatic carbocycles. The van der Waals surface area contributed by atoms with Gasteiger partial charge in [0, 0.05) is 5.56 Å². The van der Waals surface area contributed by atoms with Crippen LogP contribution in [0, 0.1) is 12.3 Å². The van der Waals surface area contributed by atoms with Gasteiger partial charge < -0.3 is 4.52 Å². The van der Waals surface area contributed by atoms with E-state index in [2.05, 4.69) is 4.52 Å². The minimum atomic E-state index is -4.70. The molecule has 0 radical (unpaired) electrons. The van der Waals surface area contributed by atoms with Crippen molar-refractivity contribution in [1.29, 1.82) is 0 Å². The van der Waals surface area contributed by atoms with Gasteiger partial charge in [0.1, 0.15) is 5.75 Å². The first-order valence-corrected chi connectivity index (χ1v) is 5.41. The Bertz CT molecular complexity index is 434. The maximum absolute atomic E-state index is 13.1. The minimum absolute atomic E-state index is 0.0803. The van der Waals surface area contributed by atoms with E-state index in [0.717, 1.165) is 0 Å². The van der Waals surface area contributed by atoms with E-state index in [9.17, 15) is 8.96 Å². The predicted molar refractivity (Wildman–Crippen MR) is 51.8 cm³/mol. The lowest BCUT2D eigenvalue weighted by Crippen LogP contribution is -1.96. The van der Waals surface area contributed by atoms with Crippen molar-refractivity contribution in [3.8, 4) is 18.1 Å². The minimum Gasteiger partial charge on any atom is -0.404 e. The lowest BCUT2D eigenvalue weighted by Gasteiger charge is -2.11. The van der Waals surface area contributed by atoms with Gasteiger partial charge in [-0.2, -0.15) is 0 Å². The molecule has 0 saturated heterocycles. The zero-order valence-electron chi connectivity index (χ0n) is 7.50. The van der Waals surface area contributed by atoms with E-state index < -0.39 is 14.0 Å². The molecule has 1 aromatic rings. The van der Waals surface area contributed by atoms with Gasteiger partial charge in [0.2, 0.25) is 0 Å². The Labute approximate surface area is 85.9 Å². The van der Waals surface area contributed by atoms with Gasteiger partial charge in [-0.15, -0.1) is 6.42 Å². The Morgan fingerprint density at radius 1 is 1.47 bits per heavy atom. The summed E-state index contributed by atoms with van der Waals surface area (Å²) in [6.07, 6.45) is 3.11. The number of benzene rings is 1. The Morgan fingerprint density at radius 2 is 2.07 bits per heavy atom. The number of para-hydroxylation sites is 1. The van der Waals surface area contributed by atoms with Crippen LogP contribution in [0.2, 0.25) is 0 Å². The van der Waals surface area contributed by atoms with Crippen molar-refractivity contribution in [3.63, 3.8) is 0 Å². The molecule has 0 bridgehead atoms. The molecule has 2 N–H and O–H groups in total. The molecule has 0 fully saturated rings. The highest BCUT2D eigenvalue weighted by atomic mass is 31.2. The summed E-state index contributed by atoms with van der Waals surface area (Å²) in [6, 6.07) is 5.48. The maximum Gasteiger partial charge on any atom is 0.524 e. The van der Waals surface area contributed by atoms with Crippen LogP contribution in [0.15, 0.2) is 24.3 Å². The summed E-state index contributed by atoms with van der Waals surface area (Å²) in [4.78, 5) is 17.1. The number of phosphoric acid groups is 1. The maximum atomic E-state index is 13.1. The number of halogens is 1. The fraction of sp³-hybridized carbons (Fsp3) is 0.111. The Hall–Kier alpha value is -1.34. The van der Waals surface area contributed by atoms with Crippen LogP contribution in [0.3, 0.4) is 0 Å². The smallest absolute Gasteiger partial charge is 0.404 e. The normalized spacial score (nSPS) is 12.9. The standard InChI is InChI=1S/C9H8FO4P/c1-2-8(10)7-5-3-4-6-9(7)14-15(11,12)13/h1,3-6,8H,(H2,11,12,13). The summed E-state index contributed by atoms with van der Waals surface area (Å²) in [5, 5.41) is 0. The average Bonchev–Trinajstić information content (AvgIpc) is 2.15. The second-order valence-electron chi connectivity index (χ2n) is 2.65. The van der Waals surface area contributed by atoms with Crippen LogP contribution in [0.25, 0.3) is 0 Å². The highest BCUT2D eigenvalue weighted by Gasteiger charge is 2.20. The zero-order chi connectivity index (χ0) is 11.5. The number of phosphoric ester groups is 1. The fourth-order valence-electron chi connectivity index (χ4n) is 0.991. The van der Waals surface area contributed by atoms with E-state index in [4.69, 9.17) is 16.2 Å². The molecule has 1 atom stereocenters. The Kier molecular flexibility index (Phi) is 3.48. The second kappa shape index (κ2) is 4.45. The van der Waals surface area contributed by atoms with Crippen LogP contribution < -0.4 is 4.52 Å². The molecule has 0 spiro atoms. The highest BCUT2D eigenvalue weighted by molar-refractivity contribution is 7.46. The molecule has 1 rings (SSSR count). The van der Waals surface area contributed by atoms with Gasteiger partial charge in [-0.25, -0.2) is 8.96 Å². The van der Waals surface area contributed by atoms with E-state index in [0.29, 0.717) is 0 Å². The highest BCUT2D eigenvalue weighted by Crippen LogP contribution is 2.40. The van der Waals surface area contributed by atoms with Gasteiger partial charge in [0.15, 0.2) is 6.17 Å². The quantitative estimate of drug-likeness (QED) is 0.613. The van der Waals surface area contributed by atoms with Crippen LogP contribution in [0.4, 0.5) is 4.39 Å². The molecule has 1 unspecified atom stereocenters. The summed E-state index contributed by atoms with van der Waals surface area (Å²) in [6.45, 7) is 0. The third-order valence-electron chi connectivity index (χ3n) is 1.56. The SMILES string of the molecule is C#CC(F)c1ccccc1OP(=O)(O)O. The lowest BCUT2D eigenvalue weighted by molar-refractivity contribution is 0.280. The van der Waals surface area contributed by atoms with Crippen molar-refractivity contribution in [2.75, 3.05) is 0 Å². The molecule has 0 aliphatic rings. The van der Waals surface area contributed by atoms with E-state index in [1.54, 1.807) is 0 Å². The number of hydrogen-bond donors (Lipinski definition) is 2. The van der Waals surface area contributed by atoms with Crippen molar-refractivity contribution in [3.05, 3.63) is 29.8 Å². The van der Waals surface area contributed by atoms with Crippen LogP contribution in [-0.2, 0) is 4.57 Å². The summed E-state index contributed by atoms with van der Waals surface area (Å²) < 4.78 is 28.0. The van der Waals surface area contributed by atoms with Gasteiger partial charge in [-0.1, -0.05) is 24.1 Å². The molecule has 0 aliphatic heterocycles. The van der Waals surface area contributed by atoms with Crippen molar-refractivity contribution >= 4 is 7.82 Å². The van der Waals surface area contributed by atoms with Gasteiger partial charge in [0.25, 0.3) is 0 Å². The lowest BCUT2D eigenvalue weighted by atomic mass is 10.1. The summed E-state index contributed by atoms with van der Waals surface area (Å²) >= 11 is 0. The third-order valence-corrected chi connectivity index (χ3v) is 1.99. The largest absolute Gasteiger partial charge is 0.524 e. The molecule has 0 heterocycles. The molecule has 15 heavy (non-hydrogen) atoms. The topological polar surface area (TPSA) is 66.8 Å². The Morgan fingerprint density at radius 3 is 2.60 bits per heavy atom. The number of hydrogen-bond acceptors (Lipinski definition) is 2. The van der Waals surface area contributed by atoms with Crippen LogP contribution in [0.1, 0.15) is 11.7 Å². The second-order valence-corrected chi connectivity index (χ2v) is 3.81. The van der Waals surface area contributed by atoms with Crippen LogP contribution >= 0.6 is 7.82 Å². The number of alkyl halides is 1. The van der Waals surface area contributed by atoms with Gasteiger partial charge in [-0.3, -0.25) is 9.79 Å². The molecule has 0 saturated carbocycles. The monoisotopic (exact) mass is 230 g/mol. The summed E-state index contributed by atoms with van der Waals surface area (Å²) in [5.41, 5.74) is -0.0803. The van der Waals surface area contributed by atoms with Gasteiger partial charge >= 0.3 is 7.82 Å². The molecular weight excluding hydrogens is 222 g/mol. The van der Waals surface area contributed by atoms with E-state index in [1.165, 1.54) is 24.3 Å². The van der Waals surface area contributed by atoms with Crippen LogP contribution in [0.5, 0.6) is 5.75 Å². The first kappa shape index (κ1) is 11.7. The molecule has 0 aromatic heterocycles. The van der Waals surface area contributed by atoms with E-state index >= 15 is 0 Å². The molecular formula is C9H8FO4P. The Balaban J connectivity index is 3.08. The molecule has 0 aliphatic carbocycles. The summed E-state index contributed by atoms with van der Waals surface area (Å²) in [7, 11) is -4.70. The van der Waals surface area contributed by atoms with Crippen molar-refractivity contribution in [1.82, 2.24) is 0 Å². The molecule has 80 valence electrons. The van der Waals surface area contributed by atoms with E-state index in [-0.39, 0.29) is 11.3 Å². The summed E-state index contributed by atoms with van der Waals surface area (Å²) in [5.74, 6) is 1.55. The number of rotatable bonds is 3. The predicted octanol–water partition coefficient (Wildman–Crippen LogP) is 1.80. The first-order valence-electron chi connectivity index (χ1n) is 3.88. The third kappa shape index (κ3) is 3.37. The molecule has 0 amide bonds. The van der Waals surface area contributed by atoms with Crippen molar-refractivity contribution in [2.24, 2.45) is 0 Å². The fourth-order valence-corrected chi connectivity index (χ4v) is 1.41. The average molecular weight is 230 g/mol. The van der Waals surface area contributed by atoms with Crippen LogP contribution in [-0.4, -0.2) is 9.79 Å². The van der Waals surface area contributed by atoms with Gasteiger partial charge in [0.05, 0.1) is 0 Å². The molecule has 6 heteroatoms. The van der Waals surface area contributed by atoms with Gasteiger partial charge in [-0.05, 0) is 6.07 Å². The first-order chi connectivity index (χ1) is 6.94. The van der Waals surface area contributed by atoms with Crippen molar-refractivity contribution in [2.45, 2.75) is 6.17 Å². The zero-order valence-corrected chi connectivity index (χ0v) is 8.39. The number of terminal acetylenes is 1. The van der Waals surface area contributed by atoms with E-state index in [1.807, 2.05) is 5.92 Å². The molecule has 4 nitrogen and oxygen atoms in total. The van der Waals surface area contributed by atoms with Crippen molar-refractivity contribution < 1.29 is 23.3 Å².